The number of amides is 1. The van der Waals surface area contributed by atoms with Gasteiger partial charge in [-0.2, -0.15) is 0 Å². The van der Waals surface area contributed by atoms with Gasteiger partial charge in [0.1, 0.15) is 4.70 Å². The van der Waals surface area contributed by atoms with Gasteiger partial charge in [0.2, 0.25) is 18.6 Å². The molecular formula is C21H22N4O4S. The molecule has 3 aromatic rings. The van der Waals surface area contributed by atoms with Gasteiger partial charge in [-0.1, -0.05) is 6.07 Å². The zero-order valence-electron chi connectivity index (χ0n) is 16.4. The summed E-state index contributed by atoms with van der Waals surface area (Å²) < 4.78 is 13.0. The van der Waals surface area contributed by atoms with Gasteiger partial charge in [-0.3, -0.25) is 14.2 Å². The van der Waals surface area contributed by atoms with Crippen LogP contribution in [0.25, 0.3) is 10.2 Å². The van der Waals surface area contributed by atoms with Crippen LogP contribution in [0.3, 0.4) is 0 Å². The molecule has 5 rings (SSSR count). The maximum absolute atomic E-state index is 13.0. The molecule has 1 aromatic carbocycles. The van der Waals surface area contributed by atoms with Gasteiger partial charge in [-0.25, -0.2) is 4.98 Å². The number of benzene rings is 1. The highest BCUT2D eigenvalue weighted by atomic mass is 32.1. The summed E-state index contributed by atoms with van der Waals surface area (Å²) in [6.07, 6.45) is 2.39. The number of nitrogens with one attached hydrogen (secondary N) is 1. The van der Waals surface area contributed by atoms with Crippen molar-refractivity contribution >= 4 is 33.4 Å². The van der Waals surface area contributed by atoms with Crippen molar-refractivity contribution in [2.24, 2.45) is 0 Å². The second kappa shape index (κ2) is 7.98. The first-order chi connectivity index (χ1) is 14.7. The van der Waals surface area contributed by atoms with Gasteiger partial charge >= 0.3 is 0 Å². The molecular weight excluding hydrogens is 404 g/mol. The van der Waals surface area contributed by atoms with E-state index in [1.807, 2.05) is 29.6 Å². The predicted octanol–water partition coefficient (Wildman–Crippen LogP) is 2.49. The summed E-state index contributed by atoms with van der Waals surface area (Å²) in [5.41, 5.74) is 1.60. The molecule has 2 aromatic heterocycles. The third-order valence-electron chi connectivity index (χ3n) is 5.42. The third kappa shape index (κ3) is 3.60. The Morgan fingerprint density at radius 2 is 2.00 bits per heavy atom. The van der Waals surface area contributed by atoms with E-state index < -0.39 is 0 Å². The van der Waals surface area contributed by atoms with Gasteiger partial charge in [0.25, 0.3) is 5.56 Å². The molecule has 9 heteroatoms. The first-order valence-corrected chi connectivity index (χ1v) is 11.0. The fourth-order valence-electron chi connectivity index (χ4n) is 3.85. The Morgan fingerprint density at radius 3 is 2.87 bits per heavy atom. The highest BCUT2D eigenvalue weighted by Gasteiger charge is 2.21. The minimum Gasteiger partial charge on any atom is -0.454 e. The second-order valence-electron chi connectivity index (χ2n) is 7.41. The molecule has 0 saturated carbocycles. The summed E-state index contributed by atoms with van der Waals surface area (Å²) in [6.45, 7) is 2.70. The molecule has 156 valence electrons. The number of ether oxygens (including phenoxy) is 2. The van der Waals surface area contributed by atoms with Crippen LogP contribution < -0.4 is 25.2 Å². The number of nitrogens with zero attached hydrogens (tertiary/aromatic N) is 3. The predicted molar refractivity (Wildman–Crippen MR) is 114 cm³/mol. The molecule has 30 heavy (non-hydrogen) atoms. The Labute approximate surface area is 177 Å². The highest BCUT2D eigenvalue weighted by Crippen LogP contribution is 2.32. The molecule has 1 amide bonds. The van der Waals surface area contributed by atoms with Crippen LogP contribution in [0.1, 0.15) is 24.8 Å². The van der Waals surface area contributed by atoms with E-state index in [1.165, 1.54) is 11.3 Å². The van der Waals surface area contributed by atoms with Gasteiger partial charge < -0.3 is 19.7 Å². The van der Waals surface area contributed by atoms with Gasteiger partial charge in [-0.05, 0) is 42.0 Å². The molecule has 8 nitrogen and oxygen atoms in total. The van der Waals surface area contributed by atoms with Crippen molar-refractivity contribution in [3.8, 4) is 11.5 Å². The van der Waals surface area contributed by atoms with Crippen LogP contribution >= 0.6 is 11.3 Å². The van der Waals surface area contributed by atoms with Crippen LogP contribution in [0.4, 0.5) is 5.95 Å². The number of thiophene rings is 1. The minimum absolute atomic E-state index is 0.0690. The van der Waals surface area contributed by atoms with Crippen LogP contribution in [0.15, 0.2) is 34.4 Å². The van der Waals surface area contributed by atoms with E-state index in [2.05, 4.69) is 10.2 Å². The van der Waals surface area contributed by atoms with Gasteiger partial charge in [0.15, 0.2) is 11.5 Å². The van der Waals surface area contributed by atoms with E-state index in [0.717, 1.165) is 42.8 Å². The van der Waals surface area contributed by atoms with Gasteiger partial charge in [0.05, 0.1) is 5.52 Å². The van der Waals surface area contributed by atoms with Gasteiger partial charge in [-0.15, -0.1) is 11.3 Å². The molecule has 0 spiro atoms. The molecule has 0 unspecified atom stereocenters. The molecule has 2 aliphatic heterocycles. The lowest BCUT2D eigenvalue weighted by Crippen LogP contribution is -2.32. The number of carbonyl (C=O) groups excluding carboxylic acids is 1. The van der Waals surface area contributed by atoms with Crippen molar-refractivity contribution in [2.75, 3.05) is 24.8 Å². The molecule has 4 heterocycles. The van der Waals surface area contributed by atoms with Crippen molar-refractivity contribution < 1.29 is 14.3 Å². The number of rotatable bonds is 6. The lowest BCUT2D eigenvalue weighted by atomic mass is 10.2. The summed E-state index contributed by atoms with van der Waals surface area (Å²) in [7, 11) is 0. The summed E-state index contributed by atoms with van der Waals surface area (Å²) in [4.78, 5) is 32.4. The van der Waals surface area contributed by atoms with Crippen molar-refractivity contribution in [3.05, 3.63) is 45.6 Å². The van der Waals surface area contributed by atoms with E-state index in [4.69, 9.17) is 14.5 Å². The number of fused-ring (bicyclic) bond motifs is 2. The number of anilines is 1. The maximum Gasteiger partial charge on any atom is 0.272 e. The minimum atomic E-state index is -0.113. The molecule has 1 fully saturated rings. The van der Waals surface area contributed by atoms with E-state index >= 15 is 0 Å². The Balaban J connectivity index is 1.28. The number of hydrogen-bond donors (Lipinski definition) is 1. The van der Waals surface area contributed by atoms with Crippen molar-refractivity contribution in [3.63, 3.8) is 0 Å². The Morgan fingerprint density at radius 1 is 1.17 bits per heavy atom. The molecule has 0 aliphatic carbocycles. The standard InChI is InChI=1S/C21H22N4O4S/c26-18(22-12-14-3-4-16-17(11-14)29-13-28-16)5-9-25-20(27)19-15(6-10-30-19)23-21(25)24-7-1-2-8-24/h3-4,6,10-11H,1-2,5,7-9,12-13H2,(H,22,26). The molecule has 0 bridgehead atoms. The summed E-state index contributed by atoms with van der Waals surface area (Å²) >= 11 is 1.39. The summed E-state index contributed by atoms with van der Waals surface area (Å²) in [5, 5.41) is 4.80. The van der Waals surface area contributed by atoms with E-state index in [0.29, 0.717) is 29.5 Å². The summed E-state index contributed by atoms with van der Waals surface area (Å²) in [6, 6.07) is 7.49. The first kappa shape index (κ1) is 18.9. The van der Waals surface area contributed by atoms with Crippen LogP contribution in [0.5, 0.6) is 11.5 Å². The lowest BCUT2D eigenvalue weighted by Gasteiger charge is -2.21. The van der Waals surface area contributed by atoms with Crippen molar-refractivity contribution in [1.82, 2.24) is 14.9 Å². The number of aromatic nitrogens is 2. The molecule has 0 radical (unpaired) electrons. The quantitative estimate of drug-likeness (QED) is 0.652. The smallest absolute Gasteiger partial charge is 0.272 e. The zero-order valence-corrected chi connectivity index (χ0v) is 17.2. The van der Waals surface area contributed by atoms with Crippen LogP contribution in [0.2, 0.25) is 0 Å². The fraction of sp³-hybridized carbons (Fsp3) is 0.381. The molecule has 0 atom stereocenters. The van der Waals surface area contributed by atoms with Crippen molar-refractivity contribution in [2.45, 2.75) is 32.4 Å². The lowest BCUT2D eigenvalue weighted by molar-refractivity contribution is -0.121. The Hall–Kier alpha value is -3.07. The van der Waals surface area contributed by atoms with E-state index in [-0.39, 0.29) is 24.7 Å². The zero-order chi connectivity index (χ0) is 20.5. The number of carbonyl (C=O) groups is 1. The summed E-state index contributed by atoms with van der Waals surface area (Å²) in [5.74, 6) is 1.97. The highest BCUT2D eigenvalue weighted by molar-refractivity contribution is 7.17. The first-order valence-electron chi connectivity index (χ1n) is 10.1. The average Bonchev–Trinajstić information content (AvgIpc) is 3.52. The molecule has 1 N–H and O–H groups in total. The van der Waals surface area contributed by atoms with Crippen LogP contribution in [0, 0.1) is 0 Å². The van der Waals surface area contributed by atoms with E-state index in [1.54, 1.807) is 4.57 Å². The maximum atomic E-state index is 13.0. The fourth-order valence-corrected chi connectivity index (χ4v) is 4.62. The Kier molecular flexibility index (Phi) is 5.04. The van der Waals surface area contributed by atoms with Crippen LogP contribution in [-0.2, 0) is 17.9 Å². The monoisotopic (exact) mass is 426 g/mol. The largest absolute Gasteiger partial charge is 0.454 e. The average molecular weight is 426 g/mol. The van der Waals surface area contributed by atoms with Crippen molar-refractivity contribution in [1.29, 1.82) is 0 Å². The molecule has 2 aliphatic rings. The van der Waals surface area contributed by atoms with Gasteiger partial charge in [0, 0.05) is 32.6 Å². The SMILES string of the molecule is O=C(CCn1c(N2CCCC2)nc2ccsc2c1=O)NCc1ccc2c(c1)OCO2. The van der Waals surface area contributed by atoms with Crippen LogP contribution in [-0.4, -0.2) is 35.3 Å². The normalized spacial score (nSPS) is 15.1. The number of hydrogen-bond acceptors (Lipinski definition) is 7. The third-order valence-corrected chi connectivity index (χ3v) is 6.32. The molecule has 1 saturated heterocycles. The van der Waals surface area contributed by atoms with E-state index in [9.17, 15) is 9.59 Å². The second-order valence-corrected chi connectivity index (χ2v) is 8.33. The topological polar surface area (TPSA) is 85.7 Å². The Bertz CT molecular complexity index is 1150.